The second-order valence-electron chi connectivity index (χ2n) is 4.26. The Hall–Kier alpha value is -0.690. The molecule has 0 fully saturated rings. The first-order chi connectivity index (χ1) is 7.28. The number of amides is 1. The van der Waals surface area contributed by atoms with Crippen LogP contribution in [0.15, 0.2) is 3.92 Å². The third kappa shape index (κ3) is 4.44. The molecule has 1 aromatic rings. The number of carbonyl (C=O) groups is 1. The van der Waals surface area contributed by atoms with Gasteiger partial charge in [-0.25, -0.2) is 4.79 Å². The Labute approximate surface area is 107 Å². The summed E-state index contributed by atoms with van der Waals surface area (Å²) in [5.41, 5.74) is -0.495. The van der Waals surface area contributed by atoms with Gasteiger partial charge < -0.3 is 10.1 Å². The molecule has 7 heteroatoms. The number of ether oxygens (including phenoxy) is 1. The molecule has 90 valence electrons. The van der Waals surface area contributed by atoms with Crippen LogP contribution >= 0.6 is 27.3 Å². The third-order valence-corrected chi connectivity index (χ3v) is 3.06. The molecule has 0 bridgehead atoms. The number of alkyl carbamates (subject to hydrolysis) is 1. The van der Waals surface area contributed by atoms with Gasteiger partial charge in [0.1, 0.15) is 10.6 Å². The van der Waals surface area contributed by atoms with Crippen molar-refractivity contribution < 1.29 is 9.53 Å². The van der Waals surface area contributed by atoms with Gasteiger partial charge in [0.2, 0.25) is 0 Å². The zero-order valence-corrected chi connectivity index (χ0v) is 12.0. The maximum absolute atomic E-state index is 11.5. The Morgan fingerprint density at radius 1 is 1.50 bits per heavy atom. The van der Waals surface area contributed by atoms with Crippen LogP contribution in [0.4, 0.5) is 4.79 Å². The highest BCUT2D eigenvalue weighted by Crippen LogP contribution is 2.21. The average Bonchev–Trinajstić information content (AvgIpc) is 2.47. The summed E-state index contributed by atoms with van der Waals surface area (Å²) in [6, 6.07) is -0.210. The van der Waals surface area contributed by atoms with Crippen molar-refractivity contribution in [1.29, 1.82) is 0 Å². The minimum atomic E-state index is -0.495. The summed E-state index contributed by atoms with van der Waals surface area (Å²) in [7, 11) is 0. The Morgan fingerprint density at radius 3 is 2.56 bits per heavy atom. The van der Waals surface area contributed by atoms with Crippen LogP contribution in [0.25, 0.3) is 0 Å². The summed E-state index contributed by atoms with van der Waals surface area (Å²) < 4.78 is 5.83. The smallest absolute Gasteiger partial charge is 0.408 e. The summed E-state index contributed by atoms with van der Waals surface area (Å²) in [6.07, 6.45) is -0.452. The number of nitrogens with zero attached hydrogens (tertiary/aromatic N) is 2. The van der Waals surface area contributed by atoms with Crippen LogP contribution in [-0.2, 0) is 4.74 Å². The quantitative estimate of drug-likeness (QED) is 0.912. The number of rotatable bonds is 2. The number of nitrogens with one attached hydrogen (secondary N) is 1. The minimum absolute atomic E-state index is 0.210. The van der Waals surface area contributed by atoms with Gasteiger partial charge in [0.25, 0.3) is 0 Å². The van der Waals surface area contributed by atoms with Crippen molar-refractivity contribution in [3.05, 3.63) is 8.92 Å². The van der Waals surface area contributed by atoms with Crippen LogP contribution in [0.3, 0.4) is 0 Å². The van der Waals surface area contributed by atoms with Gasteiger partial charge in [0.15, 0.2) is 3.92 Å². The van der Waals surface area contributed by atoms with Crippen LogP contribution in [0, 0.1) is 0 Å². The monoisotopic (exact) mass is 307 g/mol. The summed E-state index contributed by atoms with van der Waals surface area (Å²) in [5, 5.41) is 11.2. The fraction of sp³-hybridized carbons (Fsp3) is 0.667. The largest absolute Gasteiger partial charge is 0.444 e. The van der Waals surface area contributed by atoms with E-state index in [-0.39, 0.29) is 6.04 Å². The summed E-state index contributed by atoms with van der Waals surface area (Å²) in [4.78, 5) is 11.5. The van der Waals surface area contributed by atoms with Crippen molar-refractivity contribution in [2.45, 2.75) is 39.3 Å². The van der Waals surface area contributed by atoms with Gasteiger partial charge in [-0.2, -0.15) is 0 Å². The van der Waals surface area contributed by atoms with E-state index in [1.165, 1.54) is 11.3 Å². The van der Waals surface area contributed by atoms with E-state index in [9.17, 15) is 4.79 Å². The molecule has 0 saturated carbocycles. The predicted molar refractivity (Wildman–Crippen MR) is 65.4 cm³/mol. The molecule has 0 aromatic carbocycles. The van der Waals surface area contributed by atoms with E-state index in [0.29, 0.717) is 3.92 Å². The molecule has 0 spiro atoms. The van der Waals surface area contributed by atoms with E-state index in [1.807, 2.05) is 27.7 Å². The Kier molecular flexibility index (Phi) is 4.26. The van der Waals surface area contributed by atoms with Gasteiger partial charge in [0, 0.05) is 0 Å². The molecule has 1 amide bonds. The van der Waals surface area contributed by atoms with Crippen LogP contribution < -0.4 is 5.32 Å². The Morgan fingerprint density at radius 2 is 2.12 bits per heavy atom. The van der Waals surface area contributed by atoms with Crippen molar-refractivity contribution in [2.24, 2.45) is 0 Å². The van der Waals surface area contributed by atoms with Crippen LogP contribution in [0.2, 0.25) is 0 Å². The molecule has 0 aliphatic carbocycles. The molecule has 0 aliphatic heterocycles. The molecule has 0 aliphatic rings. The van der Waals surface area contributed by atoms with Crippen molar-refractivity contribution in [2.75, 3.05) is 0 Å². The standard InChI is InChI=1S/C9H14BrN3O2S/c1-5(6-12-13-7(10)16-6)11-8(14)15-9(2,3)4/h5H,1-4H3,(H,11,14)/t5-/m1/s1. The van der Waals surface area contributed by atoms with E-state index in [2.05, 4.69) is 31.4 Å². The molecule has 1 N–H and O–H groups in total. The number of carbonyl (C=O) groups excluding carboxylic acids is 1. The molecular weight excluding hydrogens is 294 g/mol. The second-order valence-corrected chi connectivity index (χ2v) is 6.55. The lowest BCUT2D eigenvalue weighted by Crippen LogP contribution is -2.34. The molecule has 1 aromatic heterocycles. The lowest BCUT2D eigenvalue weighted by atomic mass is 10.2. The molecular formula is C9H14BrN3O2S. The fourth-order valence-electron chi connectivity index (χ4n) is 0.937. The number of aromatic nitrogens is 2. The Bertz CT molecular complexity index is 375. The molecule has 1 atom stereocenters. The van der Waals surface area contributed by atoms with E-state index in [4.69, 9.17) is 4.74 Å². The normalized spacial score (nSPS) is 13.3. The van der Waals surface area contributed by atoms with Gasteiger partial charge in [-0.1, -0.05) is 11.3 Å². The highest BCUT2D eigenvalue weighted by Gasteiger charge is 2.19. The molecule has 5 nitrogen and oxygen atoms in total. The highest BCUT2D eigenvalue weighted by molar-refractivity contribution is 9.11. The van der Waals surface area contributed by atoms with E-state index in [1.54, 1.807) is 0 Å². The van der Waals surface area contributed by atoms with Gasteiger partial charge in [-0.15, -0.1) is 10.2 Å². The summed E-state index contributed by atoms with van der Waals surface area (Å²) >= 11 is 4.60. The van der Waals surface area contributed by atoms with Crippen LogP contribution in [0.1, 0.15) is 38.7 Å². The molecule has 0 unspecified atom stereocenters. The average molecular weight is 308 g/mol. The molecule has 0 saturated heterocycles. The summed E-state index contributed by atoms with van der Waals surface area (Å²) in [6.45, 7) is 7.28. The summed E-state index contributed by atoms with van der Waals surface area (Å²) in [5.74, 6) is 0. The molecule has 1 rings (SSSR count). The zero-order chi connectivity index (χ0) is 12.3. The van der Waals surface area contributed by atoms with Crippen LogP contribution in [-0.4, -0.2) is 21.9 Å². The fourth-order valence-corrected chi connectivity index (χ4v) is 2.09. The lowest BCUT2D eigenvalue weighted by molar-refractivity contribution is 0.0508. The topological polar surface area (TPSA) is 64.1 Å². The number of halogens is 1. The minimum Gasteiger partial charge on any atom is -0.444 e. The van der Waals surface area contributed by atoms with Gasteiger partial charge in [0.05, 0.1) is 6.04 Å². The van der Waals surface area contributed by atoms with E-state index < -0.39 is 11.7 Å². The van der Waals surface area contributed by atoms with Crippen molar-refractivity contribution in [3.8, 4) is 0 Å². The maximum Gasteiger partial charge on any atom is 0.408 e. The van der Waals surface area contributed by atoms with E-state index in [0.717, 1.165) is 5.01 Å². The maximum atomic E-state index is 11.5. The van der Waals surface area contributed by atoms with Gasteiger partial charge in [-0.3, -0.25) is 0 Å². The lowest BCUT2D eigenvalue weighted by Gasteiger charge is -2.21. The highest BCUT2D eigenvalue weighted by atomic mass is 79.9. The number of hydrogen-bond donors (Lipinski definition) is 1. The van der Waals surface area contributed by atoms with E-state index >= 15 is 0 Å². The molecule has 16 heavy (non-hydrogen) atoms. The van der Waals surface area contributed by atoms with Gasteiger partial charge in [-0.05, 0) is 43.6 Å². The first-order valence-corrected chi connectivity index (χ1v) is 6.37. The first kappa shape index (κ1) is 13.4. The molecule has 0 radical (unpaired) electrons. The van der Waals surface area contributed by atoms with Crippen molar-refractivity contribution >= 4 is 33.4 Å². The third-order valence-electron chi connectivity index (χ3n) is 1.52. The Balaban J connectivity index is 2.52. The molecule has 1 heterocycles. The first-order valence-electron chi connectivity index (χ1n) is 4.76. The van der Waals surface area contributed by atoms with Crippen molar-refractivity contribution in [3.63, 3.8) is 0 Å². The zero-order valence-electron chi connectivity index (χ0n) is 9.57. The second kappa shape index (κ2) is 5.09. The van der Waals surface area contributed by atoms with Crippen LogP contribution in [0.5, 0.6) is 0 Å². The number of hydrogen-bond acceptors (Lipinski definition) is 5. The van der Waals surface area contributed by atoms with Gasteiger partial charge >= 0.3 is 6.09 Å². The SMILES string of the molecule is C[C@@H](NC(=O)OC(C)(C)C)c1nnc(Br)s1. The van der Waals surface area contributed by atoms with Crippen molar-refractivity contribution in [1.82, 2.24) is 15.5 Å². The predicted octanol–water partition coefficient (Wildman–Crippen LogP) is 2.89.